The smallest absolute Gasteiger partial charge is 0.241 e. The van der Waals surface area contributed by atoms with Crippen LogP contribution >= 0.6 is 11.6 Å². The predicted molar refractivity (Wildman–Crippen MR) is 97.6 cm³/mol. The number of imidazole rings is 1. The molecular weight excluding hydrogens is 352 g/mol. The van der Waals surface area contributed by atoms with Gasteiger partial charge in [0.2, 0.25) is 11.7 Å². The lowest BCUT2D eigenvalue weighted by Gasteiger charge is -2.14. The summed E-state index contributed by atoms with van der Waals surface area (Å²) in [5, 5.41) is 4.72. The zero-order chi connectivity index (χ0) is 18.1. The van der Waals surface area contributed by atoms with Gasteiger partial charge in [0.1, 0.15) is 5.65 Å². The Hall–Kier alpha value is -2.77. The molecule has 4 heterocycles. The van der Waals surface area contributed by atoms with Gasteiger partial charge in [-0.2, -0.15) is 4.98 Å². The second kappa shape index (κ2) is 6.86. The quantitative estimate of drug-likeness (QED) is 0.537. The molecule has 0 radical (unpaired) electrons. The summed E-state index contributed by atoms with van der Waals surface area (Å²) >= 11 is 6.13. The van der Waals surface area contributed by atoms with Gasteiger partial charge in [0.15, 0.2) is 0 Å². The lowest BCUT2D eigenvalue weighted by atomic mass is 10.2. The summed E-state index contributed by atoms with van der Waals surface area (Å²) in [5.41, 5.74) is 3.82. The van der Waals surface area contributed by atoms with Gasteiger partial charge in [-0.15, -0.1) is 0 Å². The first-order valence-electron chi connectivity index (χ1n) is 8.15. The monoisotopic (exact) mass is 368 g/mol. The normalized spacial score (nSPS) is 11.5. The molecule has 0 amide bonds. The minimum Gasteiger partial charge on any atom is -0.338 e. The first-order valence-corrected chi connectivity index (χ1v) is 8.52. The van der Waals surface area contributed by atoms with Crippen LogP contribution in [0.25, 0.3) is 17.0 Å². The maximum absolute atomic E-state index is 6.13. The zero-order valence-electron chi connectivity index (χ0n) is 14.4. The molecule has 0 bridgehead atoms. The minimum atomic E-state index is 0.533. The van der Waals surface area contributed by atoms with Gasteiger partial charge in [-0.25, -0.2) is 4.98 Å². The van der Waals surface area contributed by atoms with Gasteiger partial charge in [-0.05, 0) is 38.2 Å². The summed E-state index contributed by atoms with van der Waals surface area (Å²) in [4.78, 5) is 15.1. The predicted octanol–water partition coefficient (Wildman–Crippen LogP) is 3.37. The van der Waals surface area contributed by atoms with Crippen molar-refractivity contribution in [3.05, 3.63) is 65.2 Å². The fourth-order valence-corrected chi connectivity index (χ4v) is 3.02. The number of rotatable bonds is 5. The number of hydrogen-bond donors (Lipinski definition) is 0. The van der Waals surface area contributed by atoms with Crippen molar-refractivity contribution in [2.75, 3.05) is 7.05 Å². The second-order valence-electron chi connectivity index (χ2n) is 6.14. The van der Waals surface area contributed by atoms with E-state index in [2.05, 4.69) is 25.0 Å². The van der Waals surface area contributed by atoms with Crippen LogP contribution in [0.15, 0.2) is 47.4 Å². The fourth-order valence-electron chi connectivity index (χ4n) is 2.86. The number of aryl methyl sites for hydroxylation is 1. The Labute approximate surface area is 155 Å². The maximum atomic E-state index is 6.13. The Bertz CT molecular complexity index is 1040. The topological polar surface area (TPSA) is 72.3 Å². The lowest BCUT2D eigenvalue weighted by Crippen LogP contribution is -2.19. The van der Waals surface area contributed by atoms with E-state index >= 15 is 0 Å². The number of aromatic nitrogens is 5. The molecule has 0 aliphatic heterocycles. The van der Waals surface area contributed by atoms with E-state index in [9.17, 15) is 0 Å². The van der Waals surface area contributed by atoms with Crippen LogP contribution in [0.5, 0.6) is 0 Å². The average Bonchev–Trinajstić information content (AvgIpc) is 3.21. The summed E-state index contributed by atoms with van der Waals surface area (Å²) in [5.74, 6) is 1.12. The van der Waals surface area contributed by atoms with E-state index in [1.54, 1.807) is 12.4 Å². The van der Waals surface area contributed by atoms with Crippen molar-refractivity contribution in [2.45, 2.75) is 20.0 Å². The summed E-state index contributed by atoms with van der Waals surface area (Å²) in [6.07, 6.45) is 5.29. The lowest BCUT2D eigenvalue weighted by molar-refractivity contribution is 0.258. The molecule has 0 aromatic carbocycles. The van der Waals surface area contributed by atoms with E-state index in [1.165, 1.54) is 0 Å². The standard InChI is InChI=1S/C18H17ClN6O/c1-12-15(25-9-14(19)3-4-16(25)21-12)10-24(2)11-17-22-18(23-26-17)13-5-7-20-8-6-13/h3-9H,10-11H2,1-2H3. The van der Waals surface area contributed by atoms with Crippen LogP contribution in [0.3, 0.4) is 0 Å². The van der Waals surface area contributed by atoms with E-state index in [1.807, 2.05) is 48.8 Å². The Balaban J connectivity index is 1.51. The molecule has 4 aromatic rings. The van der Waals surface area contributed by atoms with Crippen LogP contribution in [-0.2, 0) is 13.1 Å². The highest BCUT2D eigenvalue weighted by Crippen LogP contribution is 2.19. The number of fused-ring (bicyclic) bond motifs is 1. The van der Waals surface area contributed by atoms with Gasteiger partial charge in [0, 0.05) is 30.7 Å². The average molecular weight is 369 g/mol. The van der Waals surface area contributed by atoms with Crippen LogP contribution in [0.2, 0.25) is 5.02 Å². The van der Waals surface area contributed by atoms with Crippen molar-refractivity contribution in [1.29, 1.82) is 0 Å². The van der Waals surface area contributed by atoms with Crippen LogP contribution in [0.4, 0.5) is 0 Å². The molecule has 132 valence electrons. The van der Waals surface area contributed by atoms with Gasteiger partial charge in [0.25, 0.3) is 0 Å². The minimum absolute atomic E-state index is 0.533. The van der Waals surface area contributed by atoms with E-state index in [0.717, 1.165) is 22.6 Å². The molecule has 0 spiro atoms. The number of halogens is 1. The van der Waals surface area contributed by atoms with Crippen molar-refractivity contribution < 1.29 is 4.52 Å². The van der Waals surface area contributed by atoms with Gasteiger partial charge in [-0.1, -0.05) is 16.8 Å². The van der Waals surface area contributed by atoms with Gasteiger partial charge in [-0.3, -0.25) is 9.88 Å². The summed E-state index contributed by atoms with van der Waals surface area (Å²) < 4.78 is 7.40. The molecule has 4 rings (SSSR count). The molecule has 0 saturated carbocycles. The Morgan fingerprint density at radius 2 is 1.92 bits per heavy atom. The molecule has 0 fully saturated rings. The van der Waals surface area contributed by atoms with E-state index < -0.39 is 0 Å². The Morgan fingerprint density at radius 1 is 1.12 bits per heavy atom. The highest BCUT2D eigenvalue weighted by Gasteiger charge is 2.15. The van der Waals surface area contributed by atoms with Crippen LogP contribution < -0.4 is 0 Å². The summed E-state index contributed by atoms with van der Waals surface area (Å²) in [6.45, 7) is 3.21. The molecule has 0 aliphatic carbocycles. The van der Waals surface area contributed by atoms with Crippen LogP contribution in [0, 0.1) is 6.92 Å². The van der Waals surface area contributed by atoms with Gasteiger partial charge < -0.3 is 8.92 Å². The van der Waals surface area contributed by atoms with Crippen molar-refractivity contribution in [1.82, 2.24) is 29.4 Å². The van der Waals surface area contributed by atoms with Gasteiger partial charge in [0.05, 0.1) is 23.0 Å². The first kappa shape index (κ1) is 16.7. The maximum Gasteiger partial charge on any atom is 0.241 e. The molecule has 7 nitrogen and oxygen atoms in total. The molecule has 0 unspecified atom stereocenters. The number of pyridine rings is 2. The fraction of sp³-hybridized carbons (Fsp3) is 0.222. The van der Waals surface area contributed by atoms with E-state index in [0.29, 0.717) is 29.8 Å². The Morgan fingerprint density at radius 3 is 2.73 bits per heavy atom. The molecular formula is C18H17ClN6O. The second-order valence-corrected chi connectivity index (χ2v) is 6.58. The molecule has 8 heteroatoms. The third-order valence-corrected chi connectivity index (χ3v) is 4.34. The SMILES string of the molecule is Cc1nc2ccc(Cl)cn2c1CN(C)Cc1nc(-c2ccncc2)no1. The van der Waals surface area contributed by atoms with Crippen molar-refractivity contribution >= 4 is 17.2 Å². The zero-order valence-corrected chi connectivity index (χ0v) is 15.2. The largest absolute Gasteiger partial charge is 0.338 e. The molecule has 4 aromatic heterocycles. The van der Waals surface area contributed by atoms with E-state index in [-0.39, 0.29) is 0 Å². The molecule has 0 saturated heterocycles. The van der Waals surface area contributed by atoms with Gasteiger partial charge >= 0.3 is 0 Å². The first-order chi connectivity index (χ1) is 12.6. The molecule has 26 heavy (non-hydrogen) atoms. The van der Waals surface area contributed by atoms with Crippen molar-refractivity contribution in [3.8, 4) is 11.4 Å². The third-order valence-electron chi connectivity index (χ3n) is 4.11. The van der Waals surface area contributed by atoms with Crippen LogP contribution in [-0.4, -0.2) is 36.5 Å². The third kappa shape index (κ3) is 3.31. The van der Waals surface area contributed by atoms with Crippen LogP contribution in [0.1, 0.15) is 17.3 Å². The summed E-state index contributed by atoms with van der Waals surface area (Å²) in [7, 11) is 2.00. The molecule has 0 atom stereocenters. The number of nitrogens with zero attached hydrogens (tertiary/aromatic N) is 6. The van der Waals surface area contributed by atoms with Crippen molar-refractivity contribution in [2.24, 2.45) is 0 Å². The molecule has 0 N–H and O–H groups in total. The summed E-state index contributed by atoms with van der Waals surface area (Å²) in [6, 6.07) is 7.46. The molecule has 0 aliphatic rings. The highest BCUT2D eigenvalue weighted by molar-refractivity contribution is 6.30. The Kier molecular flexibility index (Phi) is 4.40. The van der Waals surface area contributed by atoms with E-state index in [4.69, 9.17) is 16.1 Å². The number of hydrogen-bond acceptors (Lipinski definition) is 6. The van der Waals surface area contributed by atoms with Crippen molar-refractivity contribution in [3.63, 3.8) is 0 Å². The highest BCUT2D eigenvalue weighted by atomic mass is 35.5.